The largest absolute Gasteiger partial charge is 0.478 e. The molecule has 0 radical (unpaired) electrons. The molecule has 1 aromatic heterocycles. The zero-order valence-corrected chi connectivity index (χ0v) is 12.3. The summed E-state index contributed by atoms with van der Waals surface area (Å²) in [5.74, 6) is -0.610. The SMILES string of the molecule is CC(C)C1CCCN1C(=O)c1ccc(C=CC(=O)O)cn1. The lowest BCUT2D eigenvalue weighted by atomic mass is 10.0. The van der Waals surface area contributed by atoms with Crippen molar-refractivity contribution in [3.05, 3.63) is 35.7 Å². The van der Waals surface area contributed by atoms with Crippen molar-refractivity contribution in [1.82, 2.24) is 9.88 Å². The first-order chi connectivity index (χ1) is 9.99. The van der Waals surface area contributed by atoms with Gasteiger partial charge in [-0.15, -0.1) is 0 Å². The molecule has 112 valence electrons. The third-order valence-corrected chi connectivity index (χ3v) is 3.75. The summed E-state index contributed by atoms with van der Waals surface area (Å²) in [7, 11) is 0. The summed E-state index contributed by atoms with van der Waals surface area (Å²) in [4.78, 5) is 29.0. The van der Waals surface area contributed by atoms with Crippen LogP contribution in [0.4, 0.5) is 0 Å². The maximum Gasteiger partial charge on any atom is 0.328 e. The first-order valence-electron chi connectivity index (χ1n) is 7.17. The van der Waals surface area contributed by atoms with Crippen molar-refractivity contribution >= 4 is 18.0 Å². The van der Waals surface area contributed by atoms with Crippen LogP contribution in [0.1, 0.15) is 42.7 Å². The molecule has 0 aliphatic carbocycles. The minimum absolute atomic E-state index is 0.0417. The van der Waals surface area contributed by atoms with Gasteiger partial charge in [-0.2, -0.15) is 0 Å². The van der Waals surface area contributed by atoms with E-state index in [0.29, 0.717) is 17.2 Å². The summed E-state index contributed by atoms with van der Waals surface area (Å²) in [6.45, 7) is 5.04. The van der Waals surface area contributed by atoms with Gasteiger partial charge in [-0.1, -0.05) is 19.9 Å². The summed E-state index contributed by atoms with van der Waals surface area (Å²) in [5.41, 5.74) is 1.07. The van der Waals surface area contributed by atoms with Gasteiger partial charge < -0.3 is 10.0 Å². The topological polar surface area (TPSA) is 70.5 Å². The number of aromatic nitrogens is 1. The monoisotopic (exact) mass is 288 g/mol. The Labute approximate surface area is 124 Å². The van der Waals surface area contributed by atoms with Gasteiger partial charge >= 0.3 is 5.97 Å². The quantitative estimate of drug-likeness (QED) is 0.864. The number of likely N-dealkylation sites (tertiary alicyclic amines) is 1. The second-order valence-electron chi connectivity index (χ2n) is 5.60. The number of nitrogens with zero attached hydrogens (tertiary/aromatic N) is 2. The van der Waals surface area contributed by atoms with E-state index < -0.39 is 5.97 Å². The molecule has 2 rings (SSSR count). The highest BCUT2D eigenvalue weighted by molar-refractivity contribution is 5.93. The number of carboxylic acids is 1. The van der Waals surface area contributed by atoms with Crippen LogP contribution in [0.2, 0.25) is 0 Å². The number of carbonyl (C=O) groups excluding carboxylic acids is 1. The fourth-order valence-corrected chi connectivity index (χ4v) is 2.68. The molecule has 1 saturated heterocycles. The molecule has 2 heterocycles. The third-order valence-electron chi connectivity index (χ3n) is 3.75. The molecular formula is C16H20N2O3. The number of rotatable bonds is 4. The van der Waals surface area contributed by atoms with Gasteiger partial charge in [-0.25, -0.2) is 4.79 Å². The van der Waals surface area contributed by atoms with Crippen LogP contribution in [0.25, 0.3) is 6.08 Å². The minimum atomic E-state index is -1.01. The van der Waals surface area contributed by atoms with Crippen LogP contribution in [-0.4, -0.2) is 39.5 Å². The van der Waals surface area contributed by atoms with Gasteiger partial charge in [0.15, 0.2) is 0 Å². The molecule has 1 aromatic rings. The number of carbonyl (C=O) groups is 2. The molecule has 1 N–H and O–H groups in total. The first kappa shape index (κ1) is 15.2. The van der Waals surface area contributed by atoms with E-state index in [-0.39, 0.29) is 11.9 Å². The van der Waals surface area contributed by atoms with Crippen molar-refractivity contribution in [3.8, 4) is 0 Å². The maximum atomic E-state index is 12.5. The molecule has 1 amide bonds. The van der Waals surface area contributed by atoms with Crippen LogP contribution >= 0.6 is 0 Å². The van der Waals surface area contributed by atoms with Gasteiger partial charge in [-0.3, -0.25) is 9.78 Å². The fourth-order valence-electron chi connectivity index (χ4n) is 2.68. The van der Waals surface area contributed by atoms with Crippen LogP contribution in [0.5, 0.6) is 0 Å². The summed E-state index contributed by atoms with van der Waals surface area (Å²) < 4.78 is 0. The van der Waals surface area contributed by atoms with Gasteiger partial charge in [0.2, 0.25) is 0 Å². The molecule has 1 aliphatic rings. The Kier molecular flexibility index (Phi) is 4.73. The Morgan fingerprint density at radius 1 is 1.43 bits per heavy atom. The molecule has 1 atom stereocenters. The third kappa shape index (κ3) is 3.68. The smallest absolute Gasteiger partial charge is 0.328 e. The highest BCUT2D eigenvalue weighted by atomic mass is 16.4. The molecule has 0 saturated carbocycles. The average molecular weight is 288 g/mol. The Morgan fingerprint density at radius 2 is 2.19 bits per heavy atom. The Hall–Kier alpha value is -2.17. The maximum absolute atomic E-state index is 12.5. The Balaban J connectivity index is 2.11. The van der Waals surface area contributed by atoms with E-state index in [2.05, 4.69) is 18.8 Å². The zero-order chi connectivity index (χ0) is 15.4. The van der Waals surface area contributed by atoms with E-state index in [1.165, 1.54) is 12.3 Å². The van der Waals surface area contributed by atoms with Crippen LogP contribution in [0.15, 0.2) is 24.4 Å². The van der Waals surface area contributed by atoms with Crippen molar-refractivity contribution in [1.29, 1.82) is 0 Å². The number of carboxylic acid groups (broad SMARTS) is 1. The Bertz CT molecular complexity index is 549. The van der Waals surface area contributed by atoms with E-state index in [0.717, 1.165) is 25.5 Å². The van der Waals surface area contributed by atoms with Gasteiger partial charge in [0.05, 0.1) is 0 Å². The van der Waals surface area contributed by atoms with Crippen molar-refractivity contribution in [2.45, 2.75) is 32.7 Å². The highest BCUT2D eigenvalue weighted by Crippen LogP contribution is 2.25. The van der Waals surface area contributed by atoms with E-state index in [1.54, 1.807) is 12.1 Å². The van der Waals surface area contributed by atoms with E-state index in [9.17, 15) is 9.59 Å². The van der Waals surface area contributed by atoms with E-state index in [1.807, 2.05) is 4.90 Å². The summed E-state index contributed by atoms with van der Waals surface area (Å²) in [5, 5.41) is 8.57. The average Bonchev–Trinajstić information content (AvgIpc) is 2.94. The van der Waals surface area contributed by atoms with Gasteiger partial charge in [-0.05, 0) is 36.5 Å². The number of pyridine rings is 1. The summed E-state index contributed by atoms with van der Waals surface area (Å²) in [6, 6.07) is 3.64. The van der Waals surface area contributed by atoms with Crippen LogP contribution in [0, 0.1) is 5.92 Å². The predicted octanol–water partition coefficient (Wildman–Crippen LogP) is 2.44. The minimum Gasteiger partial charge on any atom is -0.478 e. The molecule has 1 unspecified atom stereocenters. The van der Waals surface area contributed by atoms with Crippen molar-refractivity contribution in [2.24, 2.45) is 5.92 Å². The van der Waals surface area contributed by atoms with E-state index in [4.69, 9.17) is 5.11 Å². The number of hydrogen-bond acceptors (Lipinski definition) is 3. The van der Waals surface area contributed by atoms with Gasteiger partial charge in [0.1, 0.15) is 5.69 Å². The Morgan fingerprint density at radius 3 is 2.76 bits per heavy atom. The van der Waals surface area contributed by atoms with E-state index >= 15 is 0 Å². The van der Waals surface area contributed by atoms with Crippen molar-refractivity contribution in [2.75, 3.05) is 6.54 Å². The molecule has 0 spiro atoms. The molecular weight excluding hydrogens is 268 g/mol. The van der Waals surface area contributed by atoms with Crippen molar-refractivity contribution in [3.63, 3.8) is 0 Å². The summed E-state index contributed by atoms with van der Waals surface area (Å²) in [6.07, 6.45) is 6.11. The number of aliphatic carboxylic acids is 1. The lowest BCUT2D eigenvalue weighted by Gasteiger charge is -2.27. The highest BCUT2D eigenvalue weighted by Gasteiger charge is 2.31. The van der Waals surface area contributed by atoms with Crippen LogP contribution in [0.3, 0.4) is 0 Å². The van der Waals surface area contributed by atoms with Crippen LogP contribution < -0.4 is 0 Å². The molecule has 1 fully saturated rings. The lowest BCUT2D eigenvalue weighted by molar-refractivity contribution is -0.131. The van der Waals surface area contributed by atoms with Gasteiger partial charge in [0, 0.05) is 24.9 Å². The van der Waals surface area contributed by atoms with Crippen molar-refractivity contribution < 1.29 is 14.7 Å². The standard InChI is InChI=1S/C16H20N2O3/c1-11(2)14-4-3-9-18(14)16(21)13-7-5-12(10-17-13)6-8-15(19)20/h5-8,10-11,14H,3-4,9H2,1-2H3,(H,19,20). The van der Waals surface area contributed by atoms with Crippen LogP contribution in [-0.2, 0) is 4.79 Å². The second-order valence-corrected chi connectivity index (χ2v) is 5.60. The first-order valence-corrected chi connectivity index (χ1v) is 7.17. The second kappa shape index (κ2) is 6.52. The summed E-state index contributed by atoms with van der Waals surface area (Å²) >= 11 is 0. The molecule has 0 aromatic carbocycles. The lowest BCUT2D eigenvalue weighted by Crippen LogP contribution is -2.38. The number of hydrogen-bond donors (Lipinski definition) is 1. The molecule has 5 heteroatoms. The zero-order valence-electron chi connectivity index (χ0n) is 12.3. The molecule has 1 aliphatic heterocycles. The predicted molar refractivity (Wildman–Crippen MR) is 79.8 cm³/mol. The number of amides is 1. The van der Waals surface area contributed by atoms with Gasteiger partial charge in [0.25, 0.3) is 5.91 Å². The molecule has 21 heavy (non-hydrogen) atoms. The molecule has 0 bridgehead atoms. The normalized spacial score (nSPS) is 18.6. The fraction of sp³-hybridized carbons (Fsp3) is 0.438. The molecule has 5 nitrogen and oxygen atoms in total.